The Balaban J connectivity index is 2.00. The molecule has 0 amide bonds. The average Bonchev–Trinajstić information content (AvgIpc) is 2.86. The van der Waals surface area contributed by atoms with Crippen LogP contribution in [0.5, 0.6) is 5.75 Å². The highest BCUT2D eigenvalue weighted by Gasteiger charge is 2.08. The van der Waals surface area contributed by atoms with Crippen LogP contribution in [0.3, 0.4) is 0 Å². The number of aryl methyl sites for hydroxylation is 1. The normalized spacial score (nSPS) is 10.7. The fourth-order valence-corrected chi connectivity index (χ4v) is 1.95. The van der Waals surface area contributed by atoms with Gasteiger partial charge >= 0.3 is 5.97 Å². The van der Waals surface area contributed by atoms with E-state index in [1.165, 1.54) is 12.3 Å². The van der Waals surface area contributed by atoms with Crippen LogP contribution >= 0.6 is 0 Å². The largest absolute Gasteiger partial charge is 0.491 e. The van der Waals surface area contributed by atoms with Gasteiger partial charge in [0.1, 0.15) is 17.8 Å². The predicted molar refractivity (Wildman–Crippen MR) is 79.9 cm³/mol. The van der Waals surface area contributed by atoms with E-state index in [1.54, 1.807) is 0 Å². The van der Waals surface area contributed by atoms with Gasteiger partial charge in [-0.3, -0.25) is 0 Å². The molecule has 112 valence electrons. The molecule has 0 aliphatic carbocycles. The Kier molecular flexibility index (Phi) is 4.52. The number of carboxylic acid groups (broad SMARTS) is 1. The standard InChI is InChI=1S/C16H19NO4/c1-10(2)21-13-4-5-15(11(3)6-13)17-8-14-7-12(9-20-14)16(18)19/h4-7,9-10,17H,8H2,1-3H3,(H,18,19). The SMILES string of the molecule is Cc1cc(OC(C)C)ccc1NCc1cc(C(=O)O)co1. The average molecular weight is 289 g/mol. The van der Waals surface area contributed by atoms with Crippen LogP contribution in [0.2, 0.25) is 0 Å². The van der Waals surface area contributed by atoms with Crippen LogP contribution in [0.25, 0.3) is 0 Å². The van der Waals surface area contributed by atoms with Gasteiger partial charge in [-0.15, -0.1) is 0 Å². The van der Waals surface area contributed by atoms with Gasteiger partial charge in [0.25, 0.3) is 0 Å². The van der Waals surface area contributed by atoms with Crippen molar-refractivity contribution in [2.24, 2.45) is 0 Å². The van der Waals surface area contributed by atoms with Gasteiger partial charge < -0.3 is 19.6 Å². The maximum atomic E-state index is 10.8. The lowest BCUT2D eigenvalue weighted by molar-refractivity contribution is 0.0696. The topological polar surface area (TPSA) is 71.7 Å². The van der Waals surface area contributed by atoms with E-state index in [0.29, 0.717) is 12.3 Å². The Bertz CT molecular complexity index is 631. The number of nitrogens with one attached hydrogen (secondary N) is 1. The van der Waals surface area contributed by atoms with Crippen molar-refractivity contribution in [1.82, 2.24) is 0 Å². The molecule has 0 saturated heterocycles. The second-order valence-electron chi connectivity index (χ2n) is 5.10. The zero-order valence-corrected chi connectivity index (χ0v) is 12.3. The van der Waals surface area contributed by atoms with Crippen LogP contribution in [0.15, 0.2) is 34.9 Å². The number of carbonyl (C=O) groups is 1. The Morgan fingerprint density at radius 3 is 2.71 bits per heavy atom. The molecule has 5 nitrogen and oxygen atoms in total. The van der Waals surface area contributed by atoms with Gasteiger partial charge in [-0.25, -0.2) is 4.79 Å². The Morgan fingerprint density at radius 1 is 1.38 bits per heavy atom. The summed E-state index contributed by atoms with van der Waals surface area (Å²) in [5, 5.41) is 12.1. The summed E-state index contributed by atoms with van der Waals surface area (Å²) in [7, 11) is 0. The lowest BCUT2D eigenvalue weighted by atomic mass is 10.2. The van der Waals surface area contributed by atoms with Gasteiger partial charge in [0.2, 0.25) is 0 Å². The van der Waals surface area contributed by atoms with E-state index in [9.17, 15) is 4.79 Å². The fourth-order valence-electron chi connectivity index (χ4n) is 1.95. The highest BCUT2D eigenvalue weighted by atomic mass is 16.5. The van der Waals surface area contributed by atoms with Crippen molar-refractivity contribution in [2.75, 3.05) is 5.32 Å². The highest BCUT2D eigenvalue weighted by Crippen LogP contribution is 2.23. The molecule has 0 bridgehead atoms. The molecule has 0 spiro atoms. The van der Waals surface area contributed by atoms with Gasteiger partial charge in [0.15, 0.2) is 0 Å². The molecule has 2 N–H and O–H groups in total. The maximum absolute atomic E-state index is 10.8. The van der Waals surface area contributed by atoms with Crippen LogP contribution in [0.1, 0.15) is 35.5 Å². The number of ether oxygens (including phenoxy) is 1. The van der Waals surface area contributed by atoms with Crippen molar-refractivity contribution in [2.45, 2.75) is 33.4 Å². The maximum Gasteiger partial charge on any atom is 0.338 e. The third-order valence-electron chi connectivity index (χ3n) is 2.92. The second kappa shape index (κ2) is 6.35. The van der Waals surface area contributed by atoms with Crippen LogP contribution in [0.4, 0.5) is 5.69 Å². The summed E-state index contributed by atoms with van der Waals surface area (Å²) < 4.78 is 10.8. The van der Waals surface area contributed by atoms with Crippen LogP contribution in [0, 0.1) is 6.92 Å². The van der Waals surface area contributed by atoms with E-state index in [1.807, 2.05) is 39.0 Å². The molecule has 0 saturated carbocycles. The van der Waals surface area contributed by atoms with E-state index in [4.69, 9.17) is 14.3 Å². The summed E-state index contributed by atoms with van der Waals surface area (Å²) >= 11 is 0. The van der Waals surface area contributed by atoms with Crippen LogP contribution in [-0.2, 0) is 6.54 Å². The Labute approximate surface area is 123 Å². The predicted octanol–water partition coefficient (Wildman–Crippen LogP) is 3.69. The minimum absolute atomic E-state index is 0.140. The third-order valence-corrected chi connectivity index (χ3v) is 2.92. The summed E-state index contributed by atoms with van der Waals surface area (Å²) in [5.74, 6) is 0.421. The number of anilines is 1. The van der Waals surface area contributed by atoms with E-state index >= 15 is 0 Å². The number of carboxylic acids is 1. The van der Waals surface area contributed by atoms with Crippen LogP contribution < -0.4 is 10.1 Å². The quantitative estimate of drug-likeness (QED) is 0.848. The van der Waals surface area contributed by atoms with Gasteiger partial charge in [-0.2, -0.15) is 0 Å². The summed E-state index contributed by atoms with van der Waals surface area (Å²) in [6, 6.07) is 7.32. The molecule has 0 fully saturated rings. The molecule has 0 aliphatic heterocycles. The van der Waals surface area contributed by atoms with E-state index in [0.717, 1.165) is 17.0 Å². The van der Waals surface area contributed by atoms with Gasteiger partial charge in [0.05, 0.1) is 18.2 Å². The zero-order chi connectivity index (χ0) is 15.4. The fraction of sp³-hybridized carbons (Fsp3) is 0.312. The summed E-state index contributed by atoms with van der Waals surface area (Å²) in [4.78, 5) is 10.8. The molecule has 0 atom stereocenters. The molecule has 1 heterocycles. The van der Waals surface area contributed by atoms with Crippen molar-refractivity contribution in [3.05, 3.63) is 47.4 Å². The first-order valence-electron chi connectivity index (χ1n) is 6.77. The lowest BCUT2D eigenvalue weighted by Gasteiger charge is -2.13. The minimum Gasteiger partial charge on any atom is -0.491 e. The first-order chi connectivity index (χ1) is 9.95. The highest BCUT2D eigenvalue weighted by molar-refractivity contribution is 5.87. The molecule has 2 aromatic rings. The number of hydrogen-bond acceptors (Lipinski definition) is 4. The van der Waals surface area contributed by atoms with E-state index in [2.05, 4.69) is 5.32 Å². The Morgan fingerprint density at radius 2 is 2.14 bits per heavy atom. The molecule has 0 aliphatic rings. The third kappa shape index (κ3) is 4.02. The molecule has 1 aromatic carbocycles. The smallest absolute Gasteiger partial charge is 0.338 e. The van der Waals surface area contributed by atoms with E-state index in [-0.39, 0.29) is 11.7 Å². The second-order valence-corrected chi connectivity index (χ2v) is 5.10. The van der Waals surface area contributed by atoms with Gasteiger partial charge in [-0.05, 0) is 50.6 Å². The minimum atomic E-state index is -0.989. The number of aromatic carboxylic acids is 1. The molecule has 2 rings (SSSR count). The molecule has 0 unspecified atom stereocenters. The summed E-state index contributed by atoms with van der Waals surface area (Å²) in [5.41, 5.74) is 2.17. The molecule has 21 heavy (non-hydrogen) atoms. The van der Waals surface area contributed by atoms with Crippen LogP contribution in [-0.4, -0.2) is 17.2 Å². The van der Waals surface area contributed by atoms with Gasteiger partial charge in [0, 0.05) is 5.69 Å². The number of furan rings is 1. The molecule has 1 aromatic heterocycles. The summed E-state index contributed by atoms with van der Waals surface area (Å²) in [6.45, 7) is 6.38. The molecule has 0 radical (unpaired) electrons. The van der Waals surface area contributed by atoms with Crippen molar-refractivity contribution in [1.29, 1.82) is 0 Å². The molecule has 5 heteroatoms. The number of hydrogen-bond donors (Lipinski definition) is 2. The number of rotatable bonds is 6. The zero-order valence-electron chi connectivity index (χ0n) is 12.3. The van der Waals surface area contributed by atoms with Gasteiger partial charge in [-0.1, -0.05) is 0 Å². The monoisotopic (exact) mass is 289 g/mol. The van der Waals surface area contributed by atoms with E-state index < -0.39 is 5.97 Å². The Hall–Kier alpha value is -2.43. The van der Waals surface area contributed by atoms with Crippen molar-refractivity contribution in [3.8, 4) is 5.75 Å². The first kappa shape index (κ1) is 15.0. The first-order valence-corrected chi connectivity index (χ1v) is 6.77. The van der Waals surface area contributed by atoms with Crippen molar-refractivity contribution in [3.63, 3.8) is 0 Å². The van der Waals surface area contributed by atoms with Crippen molar-refractivity contribution >= 4 is 11.7 Å². The molecular formula is C16H19NO4. The van der Waals surface area contributed by atoms with Crippen molar-refractivity contribution < 1.29 is 19.1 Å². The molecular weight excluding hydrogens is 270 g/mol. The number of benzene rings is 1. The summed E-state index contributed by atoms with van der Waals surface area (Å²) in [6.07, 6.45) is 1.38. The lowest BCUT2D eigenvalue weighted by Crippen LogP contribution is -2.06.